The van der Waals surface area contributed by atoms with E-state index in [1.54, 1.807) is 0 Å². The molecule has 4 heteroatoms. The van der Waals surface area contributed by atoms with E-state index in [0.717, 1.165) is 24.4 Å². The molecule has 1 aromatic heterocycles. The van der Waals surface area contributed by atoms with Gasteiger partial charge >= 0.3 is 5.97 Å². The summed E-state index contributed by atoms with van der Waals surface area (Å²) in [6.07, 6.45) is 4.41. The van der Waals surface area contributed by atoms with Gasteiger partial charge < -0.3 is 9.67 Å². The molecule has 88 valence electrons. The minimum Gasteiger partial charge on any atom is -0.480 e. The Morgan fingerprint density at radius 2 is 2.25 bits per heavy atom. The summed E-state index contributed by atoms with van der Waals surface area (Å²) < 4.78 is 1.92. The Morgan fingerprint density at radius 3 is 2.81 bits per heavy atom. The molecule has 2 rings (SSSR count). The van der Waals surface area contributed by atoms with Crippen LogP contribution in [0, 0.1) is 0 Å². The lowest BCUT2D eigenvalue weighted by molar-refractivity contribution is -0.141. The first kappa shape index (κ1) is 11.2. The van der Waals surface area contributed by atoms with Crippen LogP contribution in [-0.2, 0) is 16.6 Å². The molecule has 16 heavy (non-hydrogen) atoms. The van der Waals surface area contributed by atoms with Gasteiger partial charge in [0.15, 0.2) is 0 Å². The highest BCUT2D eigenvalue weighted by Crippen LogP contribution is 2.31. The first-order valence-electron chi connectivity index (χ1n) is 5.70. The topological polar surface area (TPSA) is 55.1 Å². The van der Waals surface area contributed by atoms with Gasteiger partial charge in [0, 0.05) is 17.3 Å². The van der Waals surface area contributed by atoms with Crippen LogP contribution in [0.1, 0.15) is 51.2 Å². The van der Waals surface area contributed by atoms with Gasteiger partial charge in [-0.3, -0.25) is 0 Å². The number of aliphatic carboxylic acids is 1. The number of hydrogen-bond donors (Lipinski definition) is 1. The van der Waals surface area contributed by atoms with Crippen molar-refractivity contribution in [3.63, 3.8) is 0 Å². The Kier molecular flexibility index (Phi) is 2.52. The zero-order valence-electron chi connectivity index (χ0n) is 10.0. The van der Waals surface area contributed by atoms with Crippen LogP contribution in [0.15, 0.2) is 6.20 Å². The van der Waals surface area contributed by atoms with Crippen molar-refractivity contribution in [2.45, 2.75) is 51.5 Å². The van der Waals surface area contributed by atoms with Crippen molar-refractivity contribution < 1.29 is 9.90 Å². The average molecular weight is 222 g/mol. The third kappa shape index (κ3) is 1.72. The number of carbonyl (C=O) groups is 1. The molecule has 0 spiro atoms. The van der Waals surface area contributed by atoms with Crippen LogP contribution in [0.5, 0.6) is 0 Å². The molecule has 0 saturated heterocycles. The van der Waals surface area contributed by atoms with Gasteiger partial charge in [-0.1, -0.05) is 20.8 Å². The first-order chi connectivity index (χ1) is 7.41. The maximum Gasteiger partial charge on any atom is 0.326 e. The highest BCUT2D eigenvalue weighted by atomic mass is 16.4. The van der Waals surface area contributed by atoms with Crippen LogP contribution in [0.2, 0.25) is 0 Å². The number of rotatable bonds is 1. The van der Waals surface area contributed by atoms with Crippen molar-refractivity contribution in [2.75, 3.05) is 0 Å². The fourth-order valence-corrected chi connectivity index (χ4v) is 2.32. The molecular formula is C12H18N2O2. The standard InChI is InChI=1S/C12H18N2O2/c1-12(2,3)11-13-7-8-5-4-6-9(10(15)16)14(8)11/h7,9H,4-6H2,1-3H3,(H,15,16). The lowest BCUT2D eigenvalue weighted by Gasteiger charge is -2.28. The molecule has 1 aromatic rings. The smallest absolute Gasteiger partial charge is 0.326 e. The minimum atomic E-state index is -0.746. The molecule has 0 saturated carbocycles. The molecule has 1 atom stereocenters. The summed E-state index contributed by atoms with van der Waals surface area (Å²) in [5.41, 5.74) is 0.951. The molecule has 0 amide bonds. The molecule has 0 aliphatic carbocycles. The lowest BCUT2D eigenvalue weighted by Crippen LogP contribution is -2.30. The number of fused-ring (bicyclic) bond motifs is 1. The molecule has 1 unspecified atom stereocenters. The van der Waals surface area contributed by atoms with Crippen molar-refractivity contribution in [2.24, 2.45) is 0 Å². The highest BCUT2D eigenvalue weighted by Gasteiger charge is 2.32. The molecule has 4 nitrogen and oxygen atoms in total. The van der Waals surface area contributed by atoms with Gasteiger partial charge in [-0.15, -0.1) is 0 Å². The van der Waals surface area contributed by atoms with Crippen molar-refractivity contribution in [3.05, 3.63) is 17.7 Å². The second-order valence-corrected chi connectivity index (χ2v) is 5.44. The quantitative estimate of drug-likeness (QED) is 0.792. The highest BCUT2D eigenvalue weighted by molar-refractivity contribution is 5.72. The van der Waals surface area contributed by atoms with Crippen molar-refractivity contribution in [1.82, 2.24) is 9.55 Å². The van der Waals surface area contributed by atoms with Gasteiger partial charge in [-0.05, 0) is 19.3 Å². The van der Waals surface area contributed by atoms with E-state index in [1.165, 1.54) is 0 Å². The summed E-state index contributed by atoms with van der Waals surface area (Å²) in [7, 11) is 0. The fraction of sp³-hybridized carbons (Fsp3) is 0.667. The molecule has 0 radical (unpaired) electrons. The number of aryl methyl sites for hydroxylation is 1. The van der Waals surface area contributed by atoms with Crippen molar-refractivity contribution in [1.29, 1.82) is 0 Å². The fourth-order valence-electron chi connectivity index (χ4n) is 2.32. The Bertz CT molecular complexity index is 415. The number of carboxylic acid groups (broad SMARTS) is 1. The van der Waals surface area contributed by atoms with Gasteiger partial charge in [0.05, 0.1) is 0 Å². The summed E-state index contributed by atoms with van der Waals surface area (Å²) in [5.74, 6) is 0.138. The largest absolute Gasteiger partial charge is 0.480 e. The molecular weight excluding hydrogens is 204 g/mol. The van der Waals surface area contributed by atoms with Gasteiger partial charge in [-0.25, -0.2) is 9.78 Å². The van der Waals surface area contributed by atoms with E-state index in [2.05, 4.69) is 25.8 Å². The number of hydrogen-bond acceptors (Lipinski definition) is 2. The van der Waals surface area contributed by atoms with Crippen LogP contribution in [0.4, 0.5) is 0 Å². The summed E-state index contributed by atoms with van der Waals surface area (Å²) in [6, 6.07) is -0.430. The summed E-state index contributed by atoms with van der Waals surface area (Å²) in [5, 5.41) is 9.24. The van der Waals surface area contributed by atoms with Crippen LogP contribution in [-0.4, -0.2) is 20.6 Å². The van der Waals surface area contributed by atoms with E-state index < -0.39 is 12.0 Å². The van der Waals surface area contributed by atoms with Crippen molar-refractivity contribution >= 4 is 5.97 Å². The first-order valence-corrected chi connectivity index (χ1v) is 5.70. The number of nitrogens with zero attached hydrogens (tertiary/aromatic N) is 2. The molecule has 0 fully saturated rings. The number of aromatic nitrogens is 2. The molecule has 1 N–H and O–H groups in total. The maximum atomic E-state index is 11.2. The van der Waals surface area contributed by atoms with E-state index in [-0.39, 0.29) is 5.41 Å². The molecule has 1 aliphatic rings. The van der Waals surface area contributed by atoms with E-state index >= 15 is 0 Å². The zero-order valence-corrected chi connectivity index (χ0v) is 10.0. The Labute approximate surface area is 95.3 Å². The van der Waals surface area contributed by atoms with E-state index in [4.69, 9.17) is 0 Å². The van der Waals surface area contributed by atoms with Crippen LogP contribution < -0.4 is 0 Å². The molecule has 1 aliphatic heterocycles. The number of imidazole rings is 1. The van der Waals surface area contributed by atoms with Gasteiger partial charge in [0.2, 0.25) is 0 Å². The van der Waals surface area contributed by atoms with Gasteiger partial charge in [0.1, 0.15) is 11.9 Å². The summed E-state index contributed by atoms with van der Waals surface area (Å²) in [4.78, 5) is 15.6. The molecule has 0 aromatic carbocycles. The SMILES string of the molecule is CC(C)(C)c1ncc2n1C(C(=O)O)CCC2. The van der Waals surface area contributed by atoms with Crippen LogP contribution >= 0.6 is 0 Å². The van der Waals surface area contributed by atoms with E-state index in [0.29, 0.717) is 6.42 Å². The summed E-state index contributed by atoms with van der Waals surface area (Å²) in [6.45, 7) is 6.20. The second-order valence-electron chi connectivity index (χ2n) is 5.44. The average Bonchev–Trinajstić information content (AvgIpc) is 2.59. The molecule has 2 heterocycles. The number of carboxylic acids is 1. The van der Waals surface area contributed by atoms with Crippen molar-refractivity contribution in [3.8, 4) is 0 Å². The lowest BCUT2D eigenvalue weighted by atomic mass is 9.94. The van der Waals surface area contributed by atoms with Gasteiger partial charge in [0.25, 0.3) is 0 Å². The van der Waals surface area contributed by atoms with Crippen LogP contribution in [0.25, 0.3) is 0 Å². The normalized spacial score (nSPS) is 20.6. The third-order valence-electron chi connectivity index (χ3n) is 3.05. The van der Waals surface area contributed by atoms with E-state index in [9.17, 15) is 9.90 Å². The summed E-state index contributed by atoms with van der Waals surface area (Å²) >= 11 is 0. The monoisotopic (exact) mass is 222 g/mol. The predicted octanol–water partition coefficient (Wildman–Crippen LogP) is 2.14. The zero-order chi connectivity index (χ0) is 11.9. The van der Waals surface area contributed by atoms with E-state index in [1.807, 2.05) is 10.8 Å². The second kappa shape index (κ2) is 3.61. The Morgan fingerprint density at radius 1 is 1.56 bits per heavy atom. The minimum absolute atomic E-state index is 0.108. The Balaban J connectivity index is 2.52. The Hall–Kier alpha value is -1.32. The third-order valence-corrected chi connectivity index (χ3v) is 3.05. The van der Waals surface area contributed by atoms with Gasteiger partial charge in [-0.2, -0.15) is 0 Å². The van der Waals surface area contributed by atoms with Crippen LogP contribution in [0.3, 0.4) is 0 Å². The predicted molar refractivity (Wildman–Crippen MR) is 60.5 cm³/mol. The molecule has 0 bridgehead atoms. The maximum absolute atomic E-state index is 11.2.